The van der Waals surface area contributed by atoms with E-state index in [9.17, 15) is 23.1 Å². The van der Waals surface area contributed by atoms with Crippen molar-refractivity contribution in [2.24, 2.45) is 5.73 Å². The lowest BCUT2D eigenvalue weighted by molar-refractivity contribution is -0.132. The summed E-state index contributed by atoms with van der Waals surface area (Å²) in [4.78, 5) is 26.0. The Balaban J connectivity index is 1.65. The van der Waals surface area contributed by atoms with E-state index < -0.39 is 40.5 Å². The third-order valence-electron chi connectivity index (χ3n) is 5.78. The lowest BCUT2D eigenvalue weighted by Gasteiger charge is -2.22. The van der Waals surface area contributed by atoms with Crippen LogP contribution >= 0.6 is 0 Å². The Morgan fingerprint density at radius 3 is 2.02 bits per heavy atom. The van der Waals surface area contributed by atoms with E-state index in [1.54, 1.807) is 54.6 Å². The van der Waals surface area contributed by atoms with E-state index in [1.165, 1.54) is 0 Å². The number of amidine groups is 1. The Hall–Kier alpha value is -4.10. The predicted octanol–water partition coefficient (Wildman–Crippen LogP) is 0.769. The van der Waals surface area contributed by atoms with Gasteiger partial charge in [-0.2, -0.15) is 0 Å². The summed E-state index contributed by atoms with van der Waals surface area (Å²) < 4.78 is 33.1. The molecule has 3 rings (SSSR count). The van der Waals surface area contributed by atoms with Crippen LogP contribution in [-0.4, -0.2) is 56.5 Å². The molecule has 0 aromatic heterocycles. The van der Waals surface area contributed by atoms with Crippen molar-refractivity contribution in [3.05, 3.63) is 107 Å². The van der Waals surface area contributed by atoms with E-state index in [2.05, 4.69) is 15.4 Å². The van der Waals surface area contributed by atoms with Gasteiger partial charge in [0.15, 0.2) is 0 Å². The number of nitrogen functional groups attached to an aromatic ring is 1. The van der Waals surface area contributed by atoms with Gasteiger partial charge in [-0.1, -0.05) is 84.9 Å². The molecule has 2 amide bonds. The number of benzene rings is 3. The Morgan fingerprint density at radius 2 is 1.45 bits per heavy atom. The minimum atomic E-state index is -3.98. The summed E-state index contributed by atoms with van der Waals surface area (Å²) in [5, 5.41) is 22.5. The van der Waals surface area contributed by atoms with Crippen molar-refractivity contribution in [2.75, 3.05) is 13.2 Å². The van der Waals surface area contributed by atoms with Crippen LogP contribution < -0.4 is 21.1 Å². The number of nitrogens with one attached hydrogen (secondary N) is 4. The van der Waals surface area contributed by atoms with E-state index in [0.717, 1.165) is 11.1 Å². The fraction of sp³-hybridized carbons (Fsp3) is 0.250. The molecule has 0 aliphatic carbocycles. The monoisotopic (exact) mass is 567 g/mol. The molecule has 0 radical (unpaired) electrons. The van der Waals surface area contributed by atoms with E-state index in [4.69, 9.17) is 15.9 Å². The van der Waals surface area contributed by atoms with E-state index in [0.29, 0.717) is 11.1 Å². The number of hydrogen-bond acceptors (Lipinski definition) is 7. The number of rotatable bonds is 15. The molecule has 0 spiro atoms. The number of aliphatic hydroxyl groups is 1. The third-order valence-corrected chi connectivity index (χ3v) is 7.14. The van der Waals surface area contributed by atoms with Crippen LogP contribution in [0.15, 0.2) is 84.9 Å². The maximum atomic E-state index is 13.0. The molecule has 12 heteroatoms. The number of aliphatic hydroxyl groups excluding tert-OH is 1. The molecule has 3 aromatic carbocycles. The first-order chi connectivity index (χ1) is 19.2. The zero-order chi connectivity index (χ0) is 29.0. The van der Waals surface area contributed by atoms with Gasteiger partial charge in [-0.3, -0.25) is 15.0 Å². The van der Waals surface area contributed by atoms with Crippen LogP contribution in [0.1, 0.15) is 22.3 Å². The molecule has 212 valence electrons. The number of sulfonamides is 1. The minimum absolute atomic E-state index is 0.0771. The van der Waals surface area contributed by atoms with Crippen LogP contribution in [0.2, 0.25) is 0 Å². The average molecular weight is 568 g/mol. The van der Waals surface area contributed by atoms with Gasteiger partial charge in [0.2, 0.25) is 21.8 Å². The smallest absolute Gasteiger partial charge is 0.245 e. The maximum Gasteiger partial charge on any atom is 0.245 e. The minimum Gasteiger partial charge on any atom is -0.394 e. The largest absolute Gasteiger partial charge is 0.394 e. The molecular weight excluding hydrogens is 534 g/mol. The fourth-order valence-corrected chi connectivity index (χ4v) is 4.99. The van der Waals surface area contributed by atoms with Gasteiger partial charge in [0, 0.05) is 12.1 Å². The summed E-state index contributed by atoms with van der Waals surface area (Å²) in [5.74, 6) is -1.91. The fourth-order valence-electron chi connectivity index (χ4n) is 3.66. The molecule has 0 fully saturated rings. The zero-order valence-electron chi connectivity index (χ0n) is 21.7. The Kier molecular flexibility index (Phi) is 11.3. The van der Waals surface area contributed by atoms with Crippen molar-refractivity contribution in [3.63, 3.8) is 0 Å². The highest BCUT2D eigenvalue weighted by Gasteiger charge is 2.28. The Bertz CT molecular complexity index is 1370. The van der Waals surface area contributed by atoms with Crippen molar-refractivity contribution in [3.8, 4) is 0 Å². The summed E-state index contributed by atoms with van der Waals surface area (Å²) in [6.45, 7) is -0.721. The van der Waals surface area contributed by atoms with E-state index >= 15 is 0 Å². The van der Waals surface area contributed by atoms with Crippen LogP contribution in [0.3, 0.4) is 0 Å². The van der Waals surface area contributed by atoms with Gasteiger partial charge in [0.05, 0.1) is 25.6 Å². The van der Waals surface area contributed by atoms with Crippen molar-refractivity contribution in [2.45, 2.75) is 31.0 Å². The van der Waals surface area contributed by atoms with Crippen molar-refractivity contribution < 1.29 is 27.9 Å². The standard InChI is InChI=1S/C28H33N5O6S/c29-26(30)23-13-11-20(12-14-23)15-31-27(35)25(18-39-17-21-7-3-1-4-8-21)32-28(36)24(16-34)33-40(37,38)19-22-9-5-2-6-10-22/h1-14,24-25,33-34H,15-19H2,(H3,29,30)(H,31,35)(H,32,36)/t24-,25+/m1/s1. The molecule has 0 aliphatic heterocycles. The molecule has 3 aromatic rings. The number of hydrogen-bond donors (Lipinski definition) is 6. The molecule has 7 N–H and O–H groups in total. The second-order valence-electron chi connectivity index (χ2n) is 8.99. The topological polar surface area (TPSA) is 184 Å². The number of carbonyl (C=O) groups excluding carboxylic acids is 2. The normalized spacial score (nSPS) is 12.7. The van der Waals surface area contributed by atoms with Gasteiger partial charge in [0.25, 0.3) is 0 Å². The maximum absolute atomic E-state index is 13.0. The summed E-state index contributed by atoms with van der Waals surface area (Å²) in [5.41, 5.74) is 8.12. The average Bonchev–Trinajstić information content (AvgIpc) is 2.95. The number of carbonyl (C=O) groups is 2. The molecule has 2 atom stereocenters. The highest BCUT2D eigenvalue weighted by molar-refractivity contribution is 7.88. The highest BCUT2D eigenvalue weighted by atomic mass is 32.2. The molecule has 0 saturated heterocycles. The number of ether oxygens (including phenoxy) is 1. The third kappa shape index (κ3) is 9.89. The van der Waals surface area contributed by atoms with Crippen LogP contribution in [0, 0.1) is 5.41 Å². The quantitative estimate of drug-likeness (QED) is 0.116. The predicted molar refractivity (Wildman–Crippen MR) is 150 cm³/mol. The van der Waals surface area contributed by atoms with Gasteiger partial charge in [-0.05, 0) is 16.7 Å². The molecule has 11 nitrogen and oxygen atoms in total. The first-order valence-electron chi connectivity index (χ1n) is 12.4. The van der Waals surface area contributed by atoms with Crippen LogP contribution in [-0.2, 0) is 43.3 Å². The summed E-state index contributed by atoms with van der Waals surface area (Å²) >= 11 is 0. The Labute approximate surface area is 233 Å². The second kappa shape index (κ2) is 14.9. The van der Waals surface area contributed by atoms with Gasteiger partial charge < -0.3 is 26.2 Å². The summed E-state index contributed by atoms with van der Waals surface area (Å²) in [6, 6.07) is 21.7. The van der Waals surface area contributed by atoms with Gasteiger partial charge in [0.1, 0.15) is 17.9 Å². The van der Waals surface area contributed by atoms with Crippen LogP contribution in [0.25, 0.3) is 0 Å². The van der Waals surface area contributed by atoms with E-state index in [-0.39, 0.29) is 31.3 Å². The molecule has 0 bridgehead atoms. The van der Waals surface area contributed by atoms with Gasteiger partial charge in [-0.25, -0.2) is 13.1 Å². The molecule has 40 heavy (non-hydrogen) atoms. The lowest BCUT2D eigenvalue weighted by atomic mass is 10.1. The number of nitrogens with two attached hydrogens (primary N) is 1. The number of amides is 2. The van der Waals surface area contributed by atoms with Crippen LogP contribution in [0.4, 0.5) is 0 Å². The first-order valence-corrected chi connectivity index (χ1v) is 14.1. The summed E-state index contributed by atoms with van der Waals surface area (Å²) in [7, 11) is -3.98. The van der Waals surface area contributed by atoms with Crippen molar-refractivity contribution in [1.29, 1.82) is 5.41 Å². The molecule has 0 heterocycles. The zero-order valence-corrected chi connectivity index (χ0v) is 22.6. The summed E-state index contributed by atoms with van der Waals surface area (Å²) in [6.07, 6.45) is 0. The van der Waals surface area contributed by atoms with E-state index in [1.807, 2.05) is 30.3 Å². The highest BCUT2D eigenvalue weighted by Crippen LogP contribution is 2.07. The van der Waals surface area contributed by atoms with Crippen molar-refractivity contribution in [1.82, 2.24) is 15.4 Å². The molecule has 0 unspecified atom stereocenters. The molecule has 0 saturated carbocycles. The van der Waals surface area contributed by atoms with Gasteiger partial charge >= 0.3 is 0 Å². The van der Waals surface area contributed by atoms with Crippen LogP contribution in [0.5, 0.6) is 0 Å². The SMILES string of the molecule is N=C(N)c1ccc(CNC(=O)[C@H](COCc2ccccc2)NC(=O)[C@@H](CO)NS(=O)(=O)Cc2ccccc2)cc1. The van der Waals surface area contributed by atoms with Crippen molar-refractivity contribution >= 4 is 27.7 Å². The first kappa shape index (κ1) is 30.4. The lowest BCUT2D eigenvalue weighted by Crippen LogP contribution is -2.56. The Morgan fingerprint density at radius 1 is 0.850 bits per heavy atom. The van der Waals surface area contributed by atoms with Gasteiger partial charge in [-0.15, -0.1) is 0 Å². The second-order valence-corrected chi connectivity index (χ2v) is 10.7. The molecule has 0 aliphatic rings. The molecular formula is C28H33N5O6S.